The molecule has 5 rings (SSSR count). The first-order valence-electron chi connectivity index (χ1n) is 29.8. The number of halogens is 1. The Labute approximate surface area is 613 Å². The Balaban J connectivity index is 0.00000822. The Bertz CT molecular complexity index is 2880. The van der Waals surface area contributed by atoms with Crippen LogP contribution in [0.15, 0.2) is 92.3 Å². The molecule has 2 aromatic rings. The Morgan fingerprint density at radius 1 is 0.741 bits per heavy atom. The molecule has 3 heterocycles. The second-order valence-corrected chi connectivity index (χ2v) is 27.4. The van der Waals surface area contributed by atoms with Crippen LogP contribution >= 0.6 is 0 Å². The van der Waals surface area contributed by atoms with Crippen molar-refractivity contribution in [2.45, 2.75) is 145 Å². The standard InChI is InChI=1S/C62H97N9O9S2.HI.2K/c1-61(2)53-48-51(81(74,75)76)30-32-55(53)68(39-20-13-17-28-59(72)65-36-23-38-67(5)6)57(61)26-15-12-16-27-58-62(3,4)54-49-52(82(77,78)79)31-33-56(54)69(58)40-21-14-18-29-60(73)66-37-25-42-70(7,8)41-22-11-10-19-34-63-50-64-35-24-43-71(9)44-46-80-47-45-71;;;/h12,15-16,26-27,30-33,48-49H,10-11,13-14,17-25,28-29,34-47H2,1-9H3,(H-3,65,66,72,73,74,75,76,77,78,79);1H;;/q;;2*+1/p-2. The summed E-state index contributed by atoms with van der Waals surface area (Å²) in [7, 11) is 1.37. The first-order chi connectivity index (χ1) is 38.7. The zero-order valence-electron chi connectivity index (χ0n) is 53.3. The third-order valence-corrected chi connectivity index (χ3v) is 17.9. The molecular weight excluding hydrogens is 1280 g/mol. The average molecular weight is 1380 g/mol. The number of ether oxygens (including phenoxy) is 1. The molecule has 23 heteroatoms. The van der Waals surface area contributed by atoms with E-state index in [1.165, 1.54) is 24.3 Å². The van der Waals surface area contributed by atoms with E-state index >= 15 is 0 Å². The van der Waals surface area contributed by atoms with Crippen LogP contribution in [-0.2, 0) is 45.4 Å². The summed E-state index contributed by atoms with van der Waals surface area (Å²) in [6.45, 7) is 19.7. The molecule has 0 radical (unpaired) electrons. The van der Waals surface area contributed by atoms with Gasteiger partial charge in [-0.2, -0.15) is 4.58 Å². The van der Waals surface area contributed by atoms with E-state index in [1.54, 1.807) is 12.1 Å². The van der Waals surface area contributed by atoms with Gasteiger partial charge in [0.2, 0.25) is 5.69 Å². The van der Waals surface area contributed by atoms with Crippen molar-refractivity contribution in [1.29, 1.82) is 0 Å². The van der Waals surface area contributed by atoms with Gasteiger partial charge in [0.1, 0.15) is 39.9 Å². The number of morpholine rings is 1. The number of nitrogens with zero attached hydrogens (tertiary/aromatic N) is 9. The van der Waals surface area contributed by atoms with E-state index in [9.17, 15) is 35.5 Å². The zero-order valence-corrected chi connectivity index (χ0v) is 63.3. The molecular formula is C62H96IK2N9O9S2. The van der Waals surface area contributed by atoms with E-state index in [0.717, 1.165) is 179 Å². The van der Waals surface area contributed by atoms with Crippen LogP contribution in [-0.4, -0.2) is 195 Å². The summed E-state index contributed by atoms with van der Waals surface area (Å²) in [5, 5.41) is 8.59. The number of hydrogen-bond donors (Lipinski definition) is 0. The van der Waals surface area contributed by atoms with Gasteiger partial charge in [0.15, 0.2) is 5.71 Å². The van der Waals surface area contributed by atoms with Crippen LogP contribution in [0.1, 0.15) is 135 Å². The van der Waals surface area contributed by atoms with Crippen LogP contribution in [0, 0.1) is 0 Å². The predicted octanol–water partition coefficient (Wildman–Crippen LogP) is 0.618. The summed E-state index contributed by atoms with van der Waals surface area (Å²) in [6.07, 6.45) is 22.2. The van der Waals surface area contributed by atoms with Crippen molar-refractivity contribution < 1.29 is 181 Å². The molecule has 18 nitrogen and oxygen atoms in total. The number of fused-ring (bicyclic) bond motifs is 2. The summed E-state index contributed by atoms with van der Waals surface area (Å²) in [6, 6.07) is 12.0. The quantitative estimate of drug-likeness (QED) is 0.0135. The number of unbranched alkanes of at least 4 members (excludes halogenated alkanes) is 7. The molecule has 0 aliphatic carbocycles. The number of allylic oxidation sites excluding steroid dienone is 6. The van der Waals surface area contributed by atoms with Crippen LogP contribution in [0.5, 0.6) is 0 Å². The number of likely N-dealkylation sites (N-methyl/N-ethyl adjacent to an activating group) is 1. The molecule has 464 valence electrons. The molecule has 0 atom stereocenters. The Hall–Kier alpha value is -0.887. The number of carbonyl (C=O) groups excluding carboxylic acids is 2. The van der Waals surface area contributed by atoms with Gasteiger partial charge in [-0.25, -0.2) is 26.8 Å². The smallest absolute Gasteiger partial charge is 1.00 e. The first kappa shape index (κ1) is 80.2. The molecule has 0 aromatic heterocycles. The SMILES string of the molecule is CN(C)CCC[N-]C(=O)CCCCC[N+]1=C(/C=C/C=C/C=C2/N(CCCCCC(=O)[N-]CCC[N+](C)(C)CCCCCCN=C=NCCC[N+]3(C)CCOCC3)c3ccc(S(=O)(=O)[O-])cc3C2(C)C)C(C)(C)c2cc(S(=O)(=O)[O-])ccc21.[I-].[K+].[K+]. The van der Waals surface area contributed by atoms with E-state index in [1.807, 2.05) is 72.2 Å². The van der Waals surface area contributed by atoms with E-state index < -0.39 is 31.1 Å². The number of amides is 2. The van der Waals surface area contributed by atoms with Gasteiger partial charge in [0.25, 0.3) is 0 Å². The molecule has 2 amide bonds. The van der Waals surface area contributed by atoms with Crippen LogP contribution in [0.25, 0.3) is 10.6 Å². The summed E-state index contributed by atoms with van der Waals surface area (Å²) in [5.41, 5.74) is 3.63. The zero-order chi connectivity index (χ0) is 60.0. The number of benzene rings is 2. The molecule has 3 aliphatic heterocycles. The number of hydrogen-bond acceptors (Lipinski definition) is 13. The fraction of sp³-hybridized carbons (Fsp3) is 0.645. The summed E-state index contributed by atoms with van der Waals surface area (Å²) in [4.78, 5) is 37.7. The largest absolute Gasteiger partial charge is 1.00 e. The van der Waals surface area contributed by atoms with Crippen LogP contribution in [0.2, 0.25) is 0 Å². The van der Waals surface area contributed by atoms with Crippen molar-refractivity contribution in [3.63, 3.8) is 0 Å². The molecule has 0 spiro atoms. The van der Waals surface area contributed by atoms with Crippen molar-refractivity contribution in [3.8, 4) is 0 Å². The predicted molar refractivity (Wildman–Crippen MR) is 326 cm³/mol. The molecule has 3 aliphatic rings. The van der Waals surface area contributed by atoms with Gasteiger partial charge in [-0.1, -0.05) is 51.3 Å². The molecule has 0 unspecified atom stereocenters. The van der Waals surface area contributed by atoms with E-state index in [4.69, 9.17) is 4.74 Å². The third-order valence-electron chi connectivity index (χ3n) is 16.3. The van der Waals surface area contributed by atoms with Crippen molar-refractivity contribution in [3.05, 3.63) is 94.2 Å². The van der Waals surface area contributed by atoms with Gasteiger partial charge in [0, 0.05) is 60.4 Å². The number of carbonyl (C=O) groups is 2. The topological polar surface area (TPSA) is 220 Å². The van der Waals surface area contributed by atoms with Crippen LogP contribution in [0.3, 0.4) is 0 Å². The fourth-order valence-corrected chi connectivity index (χ4v) is 12.2. The maximum absolute atomic E-state index is 12.9. The van der Waals surface area contributed by atoms with Crippen LogP contribution in [0.4, 0.5) is 11.4 Å². The molecule has 85 heavy (non-hydrogen) atoms. The van der Waals surface area contributed by atoms with E-state index in [0.29, 0.717) is 51.9 Å². The van der Waals surface area contributed by atoms with Gasteiger partial charge >= 0.3 is 103 Å². The first-order valence-corrected chi connectivity index (χ1v) is 32.6. The Morgan fingerprint density at radius 2 is 1.31 bits per heavy atom. The van der Waals surface area contributed by atoms with E-state index in [2.05, 4.69) is 62.1 Å². The van der Waals surface area contributed by atoms with Gasteiger partial charge in [0.05, 0.1) is 93.6 Å². The second kappa shape index (κ2) is 38.8. The molecule has 2 aromatic carbocycles. The van der Waals surface area contributed by atoms with Crippen molar-refractivity contribution in [1.82, 2.24) is 4.90 Å². The molecule has 1 fully saturated rings. The molecule has 0 saturated carbocycles. The van der Waals surface area contributed by atoms with Crippen molar-refractivity contribution in [2.24, 2.45) is 9.98 Å². The Kier molecular flexibility index (Phi) is 36.7. The van der Waals surface area contributed by atoms with Gasteiger partial charge < -0.3 is 76.8 Å². The maximum atomic E-state index is 12.9. The fourth-order valence-electron chi connectivity index (χ4n) is 11.2. The normalized spacial score (nSPS) is 16.6. The number of rotatable bonds is 36. The van der Waals surface area contributed by atoms with Gasteiger partial charge in [-0.05, 0) is 141 Å². The number of quaternary nitrogens is 2. The summed E-state index contributed by atoms with van der Waals surface area (Å²) >= 11 is 0. The minimum atomic E-state index is -4.70. The molecule has 0 N–H and O–H groups in total. The minimum Gasteiger partial charge on any atom is -1.00 e. The third kappa shape index (κ3) is 26.7. The van der Waals surface area contributed by atoms with Crippen LogP contribution < -0.4 is 132 Å². The Morgan fingerprint density at radius 3 is 1.94 bits per heavy atom. The maximum Gasteiger partial charge on any atom is 1.00 e. The monoisotopic (exact) mass is 1380 g/mol. The minimum absolute atomic E-state index is 0. The molecule has 1 saturated heterocycles. The average Bonchev–Trinajstić information content (AvgIpc) is 1.65. The second-order valence-electron chi connectivity index (χ2n) is 24.6. The van der Waals surface area contributed by atoms with Gasteiger partial charge in [-0.15, -0.1) is 13.1 Å². The van der Waals surface area contributed by atoms with Crippen molar-refractivity contribution >= 4 is 55.1 Å². The van der Waals surface area contributed by atoms with Crippen molar-refractivity contribution in [2.75, 3.05) is 132 Å². The van der Waals surface area contributed by atoms with E-state index in [-0.39, 0.29) is 148 Å². The summed E-state index contributed by atoms with van der Waals surface area (Å²) < 4.78 is 82.5. The summed E-state index contributed by atoms with van der Waals surface area (Å²) in [5.74, 6) is -0.161. The number of aliphatic imine (C=N–C) groups is 2. The molecule has 0 bridgehead atoms. The number of anilines is 1. The van der Waals surface area contributed by atoms with Gasteiger partial charge in [-0.3, -0.25) is 0 Å².